The minimum atomic E-state index is 0. The number of allylic oxidation sites excluding steroid dienone is 2. The van der Waals surface area contributed by atoms with E-state index < -0.39 is 0 Å². The summed E-state index contributed by atoms with van der Waals surface area (Å²) < 4.78 is 2.32. The Kier molecular flexibility index (Phi) is 9.56. The van der Waals surface area contributed by atoms with Crippen LogP contribution in [0.3, 0.4) is 0 Å². The highest BCUT2D eigenvalue weighted by Crippen LogP contribution is 2.12. The number of nitrogens with zero attached hydrogens (tertiary/aromatic N) is 1. The first-order valence-electron chi connectivity index (χ1n) is 8.30. The molecule has 0 atom stereocenters. The summed E-state index contributed by atoms with van der Waals surface area (Å²) in [5.74, 6) is 0. The fourth-order valence-electron chi connectivity index (χ4n) is 2.73. The van der Waals surface area contributed by atoms with E-state index in [1.165, 1.54) is 12.1 Å². The Morgan fingerprint density at radius 2 is 1.86 bits per heavy atom. The molecule has 3 heteroatoms. The number of hydrogen-bond donors (Lipinski definition) is 0. The van der Waals surface area contributed by atoms with E-state index in [1.54, 1.807) is 0 Å². The van der Waals surface area contributed by atoms with Gasteiger partial charge in [0.1, 0.15) is 0 Å². The average Bonchev–Trinajstić information content (AvgIpc) is 2.86. The average molecular weight is 298 g/mol. The Labute approximate surface area is 136 Å². The Morgan fingerprint density at radius 3 is 2.50 bits per heavy atom. The molecule has 0 saturated heterocycles. The summed E-state index contributed by atoms with van der Waals surface area (Å²) in [6, 6.07) is 0. The maximum Gasteiger partial charge on any atom is 0.192 e. The third-order valence-electron chi connectivity index (χ3n) is 3.55. The first kappa shape index (κ1) is 20.5. The minimum absolute atomic E-state index is 0. The smallest absolute Gasteiger partial charge is 0.192 e. The van der Waals surface area contributed by atoms with E-state index in [0.717, 1.165) is 41.9 Å². The van der Waals surface area contributed by atoms with Crippen molar-refractivity contribution in [3.05, 3.63) is 44.2 Å². The second kappa shape index (κ2) is 10.3. The second-order valence-corrected chi connectivity index (χ2v) is 5.20. The zero-order valence-electron chi connectivity index (χ0n) is 14.8. The Bertz CT molecular complexity index is 668. The van der Waals surface area contributed by atoms with Gasteiger partial charge in [0.25, 0.3) is 0 Å². The largest absolute Gasteiger partial charge is 0.344 e. The van der Waals surface area contributed by atoms with Crippen molar-refractivity contribution in [3.63, 3.8) is 0 Å². The Hall–Kier alpha value is -1.51. The lowest BCUT2D eigenvalue weighted by Gasteiger charge is -2.08. The van der Waals surface area contributed by atoms with Crippen LogP contribution in [0.2, 0.25) is 0 Å². The first-order chi connectivity index (χ1) is 10.2. The van der Waals surface area contributed by atoms with Gasteiger partial charge in [0, 0.05) is 31.4 Å². The quantitative estimate of drug-likeness (QED) is 0.675. The number of aromatic nitrogens is 1. The summed E-state index contributed by atoms with van der Waals surface area (Å²) >= 11 is 0. The molecule has 0 saturated carbocycles. The fourth-order valence-corrected chi connectivity index (χ4v) is 2.73. The summed E-state index contributed by atoms with van der Waals surface area (Å²) in [5, 5.41) is 2.00. The molecule has 1 aliphatic carbocycles. The summed E-state index contributed by atoms with van der Waals surface area (Å²) in [7, 11) is 0. The highest BCUT2D eigenvalue weighted by molar-refractivity contribution is 5.75. The molecule has 1 aromatic heterocycles. The molecule has 0 fully saturated rings. The van der Waals surface area contributed by atoms with Gasteiger partial charge in [-0.2, -0.15) is 0 Å². The monoisotopic (exact) mass is 298 g/mol. The maximum absolute atomic E-state index is 12.2. The molecule has 1 aliphatic heterocycles. The second-order valence-electron chi connectivity index (χ2n) is 5.20. The molecule has 0 N–H and O–H groups in total. The number of pyridine rings is 1. The van der Waals surface area contributed by atoms with Crippen LogP contribution in [0.1, 0.15) is 58.2 Å². The molecule has 0 bridgehead atoms. The van der Waals surface area contributed by atoms with Crippen LogP contribution in [0.4, 0.5) is 0 Å². The summed E-state index contributed by atoms with van der Waals surface area (Å²) in [6.45, 7) is 11.3. The number of rotatable bonds is 0. The number of hydrogen-bond acceptors (Lipinski definition) is 1. The molecule has 0 unspecified atom stereocenters. The maximum atomic E-state index is 12.2. The van der Waals surface area contributed by atoms with Gasteiger partial charge in [0.2, 0.25) is 0 Å². The molecule has 0 spiro atoms. The van der Waals surface area contributed by atoms with E-state index in [9.17, 15) is 4.79 Å². The molecule has 3 rings (SSSR count). The predicted octanol–water partition coefficient (Wildman–Crippen LogP) is 2.69. The normalized spacial score (nSPS) is 13.5. The van der Waals surface area contributed by atoms with Crippen LogP contribution in [-0.4, -0.2) is 13.0 Å². The van der Waals surface area contributed by atoms with Gasteiger partial charge in [-0.3, -0.25) is 4.79 Å². The molecule has 22 heavy (non-hydrogen) atoms. The van der Waals surface area contributed by atoms with Crippen LogP contribution in [0.5, 0.6) is 0 Å². The Morgan fingerprint density at radius 1 is 1.23 bits per heavy atom. The van der Waals surface area contributed by atoms with Gasteiger partial charge in [0.15, 0.2) is 5.43 Å². The van der Waals surface area contributed by atoms with Crippen molar-refractivity contribution in [2.24, 2.45) is 0 Å². The third-order valence-corrected chi connectivity index (χ3v) is 3.55. The highest BCUT2D eigenvalue weighted by Gasteiger charge is 2.16. The van der Waals surface area contributed by atoms with E-state index in [4.69, 9.17) is 0 Å². The van der Waals surface area contributed by atoms with Crippen LogP contribution in [0.25, 0.3) is 12.2 Å². The molecule has 1 aromatic rings. The molecule has 2 heterocycles. The lowest BCUT2D eigenvalue weighted by atomic mass is 10.1. The third kappa shape index (κ3) is 4.25. The van der Waals surface area contributed by atoms with E-state index in [1.807, 2.05) is 20.8 Å². The van der Waals surface area contributed by atoms with E-state index in [2.05, 4.69) is 42.7 Å². The zero-order chi connectivity index (χ0) is 15.8. The van der Waals surface area contributed by atoms with Crippen LogP contribution in [0, 0.1) is 6.92 Å². The molecular formula is C19H29BNO. The zero-order valence-corrected chi connectivity index (χ0v) is 14.8. The van der Waals surface area contributed by atoms with E-state index >= 15 is 0 Å². The lowest BCUT2D eigenvalue weighted by Crippen LogP contribution is -2.46. The van der Waals surface area contributed by atoms with Crippen molar-refractivity contribution in [2.75, 3.05) is 0 Å². The molecule has 0 aromatic carbocycles. The topological polar surface area (TPSA) is 22.0 Å². The Balaban J connectivity index is 0.000000663. The molecule has 2 nitrogen and oxygen atoms in total. The van der Waals surface area contributed by atoms with Gasteiger partial charge in [-0.25, -0.2) is 0 Å². The van der Waals surface area contributed by atoms with Crippen molar-refractivity contribution >= 4 is 20.6 Å². The molecule has 3 radical (unpaired) electrons. The first-order valence-corrected chi connectivity index (χ1v) is 8.30. The van der Waals surface area contributed by atoms with Crippen molar-refractivity contribution in [2.45, 2.75) is 66.8 Å². The van der Waals surface area contributed by atoms with Crippen molar-refractivity contribution < 1.29 is 0 Å². The molecule has 119 valence electrons. The van der Waals surface area contributed by atoms with Gasteiger partial charge in [-0.05, 0) is 32.3 Å². The van der Waals surface area contributed by atoms with Crippen molar-refractivity contribution in [3.8, 4) is 0 Å². The fraction of sp³-hybridized carbons (Fsp3) is 0.526. The highest BCUT2D eigenvalue weighted by atomic mass is 16.1. The predicted molar refractivity (Wildman–Crippen MR) is 98.8 cm³/mol. The van der Waals surface area contributed by atoms with Gasteiger partial charge >= 0.3 is 0 Å². The van der Waals surface area contributed by atoms with E-state index in [0.29, 0.717) is 0 Å². The molecule has 0 amide bonds. The van der Waals surface area contributed by atoms with E-state index in [-0.39, 0.29) is 13.8 Å². The summed E-state index contributed by atoms with van der Waals surface area (Å²) in [5.41, 5.74) is 2.41. The summed E-state index contributed by atoms with van der Waals surface area (Å²) in [6.07, 6.45) is 12.6. The van der Waals surface area contributed by atoms with Gasteiger partial charge in [-0.15, -0.1) is 0 Å². The van der Waals surface area contributed by atoms with Crippen LogP contribution >= 0.6 is 0 Å². The summed E-state index contributed by atoms with van der Waals surface area (Å²) in [4.78, 5) is 12.2. The van der Waals surface area contributed by atoms with Gasteiger partial charge in [-0.1, -0.05) is 52.3 Å². The van der Waals surface area contributed by atoms with Gasteiger partial charge in [0.05, 0.1) is 5.35 Å². The van der Waals surface area contributed by atoms with Crippen LogP contribution in [0.15, 0.2) is 16.9 Å². The SMILES string of the molecule is CC.CCC.Cc1c2n(c3c(c1=O)=CCC=CC=3)CCC2.[B]. The van der Waals surface area contributed by atoms with Crippen molar-refractivity contribution in [1.29, 1.82) is 0 Å². The van der Waals surface area contributed by atoms with Crippen LogP contribution in [-0.2, 0) is 13.0 Å². The standard InChI is InChI=1S/C14H15NO.C3H8.C2H6.B/c1-10-12-8-5-9-15(12)13-7-4-2-3-6-11(13)14(10)16;1-3-2;1-2;/h2,4,6-7H,3,5,8-9H2,1H3;3H2,1-2H3;1-2H3;. The van der Waals surface area contributed by atoms with Gasteiger partial charge < -0.3 is 4.57 Å². The lowest BCUT2D eigenvalue weighted by molar-refractivity contribution is 0.716. The molecule has 2 aliphatic rings. The number of fused-ring (bicyclic) bond motifs is 3. The minimum Gasteiger partial charge on any atom is -0.344 e. The van der Waals surface area contributed by atoms with Crippen molar-refractivity contribution in [1.82, 2.24) is 4.57 Å². The molecular weight excluding hydrogens is 269 g/mol. The van der Waals surface area contributed by atoms with Crippen LogP contribution < -0.4 is 16.0 Å².